The number of hydrogen-bond donors (Lipinski definition) is 1. The molecule has 1 heterocycles. The summed E-state index contributed by atoms with van der Waals surface area (Å²) in [5.41, 5.74) is 0. The van der Waals surface area contributed by atoms with Gasteiger partial charge < -0.3 is 5.32 Å². The maximum atomic E-state index is 11.9. The highest BCUT2D eigenvalue weighted by molar-refractivity contribution is 6.05. The number of carbonyl (C=O) groups is 2. The summed E-state index contributed by atoms with van der Waals surface area (Å²) >= 11 is 0. The van der Waals surface area contributed by atoms with Gasteiger partial charge in [0.25, 0.3) is 0 Å². The fourth-order valence-corrected chi connectivity index (χ4v) is 3.27. The van der Waals surface area contributed by atoms with Gasteiger partial charge in [-0.2, -0.15) is 0 Å². The summed E-state index contributed by atoms with van der Waals surface area (Å²) in [4.78, 5) is 24.7. The number of nitrogens with zero attached hydrogens (tertiary/aromatic N) is 1. The third kappa shape index (κ3) is 2.74. The molecule has 4 nitrogen and oxygen atoms in total. The number of nitrogens with one attached hydrogen (secondary N) is 1. The first kappa shape index (κ1) is 13.5. The van der Waals surface area contributed by atoms with Gasteiger partial charge in [0.05, 0.1) is 12.5 Å². The van der Waals surface area contributed by atoms with Gasteiger partial charge in [-0.1, -0.05) is 26.2 Å². The molecular weight excluding hydrogens is 228 g/mol. The van der Waals surface area contributed by atoms with Crippen LogP contribution in [-0.4, -0.2) is 35.8 Å². The molecule has 2 unspecified atom stereocenters. The van der Waals surface area contributed by atoms with E-state index in [9.17, 15) is 9.59 Å². The predicted octanol–water partition coefficient (Wildman–Crippen LogP) is 1.69. The summed E-state index contributed by atoms with van der Waals surface area (Å²) in [6.45, 7) is 2.16. The van der Waals surface area contributed by atoms with Crippen molar-refractivity contribution in [1.82, 2.24) is 10.2 Å². The Labute approximate surface area is 109 Å². The van der Waals surface area contributed by atoms with Crippen molar-refractivity contribution >= 4 is 11.8 Å². The Morgan fingerprint density at radius 3 is 2.44 bits per heavy atom. The van der Waals surface area contributed by atoms with Crippen molar-refractivity contribution in [2.24, 2.45) is 5.92 Å². The second kappa shape index (κ2) is 5.83. The van der Waals surface area contributed by atoms with Crippen LogP contribution in [0.2, 0.25) is 0 Å². The molecule has 0 bridgehead atoms. The molecule has 2 rings (SSSR count). The third-order valence-electron chi connectivity index (χ3n) is 4.46. The Bertz CT molecular complexity index is 324. The first-order chi connectivity index (χ1) is 8.63. The third-order valence-corrected chi connectivity index (χ3v) is 4.46. The van der Waals surface area contributed by atoms with Crippen LogP contribution in [0.15, 0.2) is 0 Å². The zero-order valence-electron chi connectivity index (χ0n) is 11.4. The first-order valence-corrected chi connectivity index (χ1v) is 7.20. The van der Waals surface area contributed by atoms with Crippen molar-refractivity contribution in [2.75, 3.05) is 7.05 Å². The molecular formula is C14H24N2O2. The van der Waals surface area contributed by atoms with Gasteiger partial charge in [0, 0.05) is 13.1 Å². The number of likely N-dealkylation sites (tertiary alicyclic amines) is 1. The lowest BCUT2D eigenvalue weighted by Crippen LogP contribution is -2.46. The molecule has 102 valence electrons. The Kier molecular flexibility index (Phi) is 4.38. The van der Waals surface area contributed by atoms with Crippen molar-refractivity contribution in [1.29, 1.82) is 0 Å². The standard InChI is InChI=1S/C14H24N2O2/c1-3-11(10-7-5-4-6-8-10)15-12-9-13(17)16(2)14(12)18/h10-12,15H,3-9H2,1-2H3. The molecule has 0 spiro atoms. The van der Waals surface area contributed by atoms with Gasteiger partial charge in [0.15, 0.2) is 0 Å². The number of rotatable bonds is 4. The van der Waals surface area contributed by atoms with E-state index in [0.717, 1.165) is 6.42 Å². The van der Waals surface area contributed by atoms with Gasteiger partial charge in [-0.05, 0) is 25.2 Å². The molecule has 2 aliphatic rings. The molecule has 1 saturated heterocycles. The molecule has 0 aromatic carbocycles. The van der Waals surface area contributed by atoms with E-state index in [2.05, 4.69) is 12.2 Å². The van der Waals surface area contributed by atoms with Gasteiger partial charge in [-0.25, -0.2) is 0 Å². The minimum Gasteiger partial charge on any atom is -0.302 e. The van der Waals surface area contributed by atoms with Gasteiger partial charge in [0.2, 0.25) is 11.8 Å². The molecule has 2 atom stereocenters. The summed E-state index contributed by atoms with van der Waals surface area (Å²) in [6.07, 6.45) is 7.84. The fourth-order valence-electron chi connectivity index (χ4n) is 3.27. The lowest BCUT2D eigenvalue weighted by molar-refractivity contribution is -0.137. The van der Waals surface area contributed by atoms with Gasteiger partial charge in [0.1, 0.15) is 0 Å². The average molecular weight is 252 g/mol. The monoisotopic (exact) mass is 252 g/mol. The number of hydrogen-bond acceptors (Lipinski definition) is 3. The van der Waals surface area contributed by atoms with E-state index in [1.165, 1.54) is 37.0 Å². The lowest BCUT2D eigenvalue weighted by Gasteiger charge is -2.31. The SMILES string of the molecule is CCC(NC1CC(=O)N(C)C1=O)C1CCCCC1. The quantitative estimate of drug-likeness (QED) is 0.775. The van der Waals surface area contributed by atoms with Crippen LogP contribution in [0, 0.1) is 5.92 Å². The summed E-state index contributed by atoms with van der Waals surface area (Å²) in [5, 5.41) is 3.43. The highest BCUT2D eigenvalue weighted by Gasteiger charge is 2.37. The maximum Gasteiger partial charge on any atom is 0.246 e. The number of carbonyl (C=O) groups excluding carboxylic acids is 2. The van der Waals surface area contributed by atoms with Crippen LogP contribution in [0.4, 0.5) is 0 Å². The van der Waals surface area contributed by atoms with E-state index >= 15 is 0 Å². The number of likely N-dealkylation sites (N-methyl/N-ethyl adjacent to an activating group) is 1. The number of imide groups is 1. The van der Waals surface area contributed by atoms with E-state index < -0.39 is 0 Å². The molecule has 0 radical (unpaired) electrons. The van der Waals surface area contributed by atoms with Crippen molar-refractivity contribution < 1.29 is 9.59 Å². The van der Waals surface area contributed by atoms with E-state index in [0.29, 0.717) is 18.4 Å². The molecule has 2 fully saturated rings. The molecule has 0 aromatic heterocycles. The minimum atomic E-state index is -0.283. The second-order valence-corrected chi connectivity index (χ2v) is 5.63. The van der Waals surface area contributed by atoms with Gasteiger partial charge in [-0.3, -0.25) is 14.5 Å². The minimum absolute atomic E-state index is 0.0593. The Hall–Kier alpha value is -0.900. The highest BCUT2D eigenvalue weighted by atomic mass is 16.2. The first-order valence-electron chi connectivity index (χ1n) is 7.20. The molecule has 4 heteroatoms. The Morgan fingerprint density at radius 2 is 1.94 bits per heavy atom. The van der Waals surface area contributed by atoms with Crippen LogP contribution in [0.3, 0.4) is 0 Å². The second-order valence-electron chi connectivity index (χ2n) is 5.63. The van der Waals surface area contributed by atoms with Crippen molar-refractivity contribution in [3.8, 4) is 0 Å². The normalized spacial score (nSPS) is 27.9. The zero-order chi connectivity index (χ0) is 13.1. The molecule has 0 aromatic rings. The molecule has 1 aliphatic heterocycles. The molecule has 1 aliphatic carbocycles. The fraction of sp³-hybridized carbons (Fsp3) is 0.857. The summed E-state index contributed by atoms with van der Waals surface area (Å²) in [5.74, 6) is 0.558. The van der Waals surface area contributed by atoms with Crippen LogP contribution in [-0.2, 0) is 9.59 Å². The van der Waals surface area contributed by atoms with E-state index in [-0.39, 0.29) is 17.9 Å². The van der Waals surface area contributed by atoms with Crippen molar-refractivity contribution in [3.63, 3.8) is 0 Å². The maximum absolute atomic E-state index is 11.9. The highest BCUT2D eigenvalue weighted by Crippen LogP contribution is 2.28. The molecule has 2 amide bonds. The molecule has 1 N–H and O–H groups in total. The molecule has 1 saturated carbocycles. The Morgan fingerprint density at radius 1 is 1.28 bits per heavy atom. The van der Waals surface area contributed by atoms with Crippen LogP contribution in [0.25, 0.3) is 0 Å². The van der Waals surface area contributed by atoms with E-state index in [4.69, 9.17) is 0 Å². The van der Waals surface area contributed by atoms with Crippen LogP contribution in [0.1, 0.15) is 51.9 Å². The summed E-state index contributed by atoms with van der Waals surface area (Å²) in [7, 11) is 1.58. The zero-order valence-corrected chi connectivity index (χ0v) is 11.4. The summed E-state index contributed by atoms with van der Waals surface area (Å²) < 4.78 is 0. The average Bonchev–Trinajstić information content (AvgIpc) is 2.64. The van der Waals surface area contributed by atoms with Crippen molar-refractivity contribution in [2.45, 2.75) is 64.0 Å². The topological polar surface area (TPSA) is 49.4 Å². The largest absolute Gasteiger partial charge is 0.302 e. The Balaban J connectivity index is 1.94. The van der Waals surface area contributed by atoms with Crippen LogP contribution < -0.4 is 5.32 Å². The van der Waals surface area contributed by atoms with E-state index in [1.54, 1.807) is 7.05 Å². The predicted molar refractivity (Wildman–Crippen MR) is 70.0 cm³/mol. The van der Waals surface area contributed by atoms with E-state index in [1.807, 2.05) is 0 Å². The summed E-state index contributed by atoms with van der Waals surface area (Å²) in [6, 6.07) is 0.105. The molecule has 18 heavy (non-hydrogen) atoms. The van der Waals surface area contributed by atoms with Crippen LogP contribution >= 0.6 is 0 Å². The number of amides is 2. The van der Waals surface area contributed by atoms with Crippen LogP contribution in [0.5, 0.6) is 0 Å². The lowest BCUT2D eigenvalue weighted by atomic mass is 9.82. The van der Waals surface area contributed by atoms with Gasteiger partial charge in [-0.15, -0.1) is 0 Å². The van der Waals surface area contributed by atoms with Crippen molar-refractivity contribution in [3.05, 3.63) is 0 Å². The smallest absolute Gasteiger partial charge is 0.246 e. The van der Waals surface area contributed by atoms with Gasteiger partial charge >= 0.3 is 0 Å².